The van der Waals surface area contributed by atoms with Crippen molar-refractivity contribution >= 4 is 11.5 Å². The molecule has 0 spiro atoms. The molecule has 0 saturated heterocycles. The van der Waals surface area contributed by atoms with Crippen LogP contribution in [-0.2, 0) is 16.0 Å². The lowest BCUT2D eigenvalue weighted by Crippen LogP contribution is -2.12. The fraction of sp³-hybridized carbons (Fsp3) is 0.292. The molecule has 1 heterocycles. The summed E-state index contributed by atoms with van der Waals surface area (Å²) in [6.45, 7) is 5.89. The molecule has 3 rings (SSSR count). The van der Waals surface area contributed by atoms with E-state index < -0.39 is 5.97 Å². The van der Waals surface area contributed by atoms with Crippen LogP contribution in [0.1, 0.15) is 34.5 Å². The van der Waals surface area contributed by atoms with Gasteiger partial charge >= 0.3 is 5.97 Å². The molecule has 0 aliphatic rings. The Labute approximate surface area is 182 Å². The van der Waals surface area contributed by atoms with Crippen molar-refractivity contribution in [2.45, 2.75) is 19.4 Å². The second kappa shape index (κ2) is 11.7. The number of aromatic nitrogens is 3. The number of esters is 1. The molecule has 3 aromatic rings. The summed E-state index contributed by atoms with van der Waals surface area (Å²) < 4.78 is 17.7. The SMILES string of the molecule is C=C(c1ccccc1)c1cn(CCCCOc2ccccc2C(=O)OCCOC)nn1. The van der Waals surface area contributed by atoms with Crippen LogP contribution in [0.3, 0.4) is 0 Å². The molecular weight excluding hydrogens is 394 g/mol. The zero-order valence-electron chi connectivity index (χ0n) is 17.7. The first kappa shape index (κ1) is 22.2. The van der Waals surface area contributed by atoms with Gasteiger partial charge in [0, 0.05) is 19.2 Å². The van der Waals surface area contributed by atoms with Crippen molar-refractivity contribution in [1.29, 1.82) is 0 Å². The summed E-state index contributed by atoms with van der Waals surface area (Å²) in [5.41, 5.74) is 3.06. The second-order valence-electron chi connectivity index (χ2n) is 6.89. The van der Waals surface area contributed by atoms with Crippen molar-refractivity contribution in [2.24, 2.45) is 0 Å². The molecule has 7 nitrogen and oxygen atoms in total. The Balaban J connectivity index is 1.44. The van der Waals surface area contributed by atoms with Gasteiger partial charge in [-0.05, 0) is 30.5 Å². The second-order valence-corrected chi connectivity index (χ2v) is 6.89. The van der Waals surface area contributed by atoms with Gasteiger partial charge in [-0.2, -0.15) is 0 Å². The molecule has 1 aromatic heterocycles. The summed E-state index contributed by atoms with van der Waals surface area (Å²) in [4.78, 5) is 12.2. The Bertz CT molecular complexity index is 985. The molecule has 0 saturated carbocycles. The fourth-order valence-electron chi connectivity index (χ4n) is 2.95. The number of carbonyl (C=O) groups excluding carboxylic acids is 1. The molecular formula is C24H27N3O4. The van der Waals surface area contributed by atoms with Crippen molar-refractivity contribution in [3.05, 3.63) is 84.2 Å². The van der Waals surface area contributed by atoms with E-state index in [2.05, 4.69) is 16.9 Å². The van der Waals surface area contributed by atoms with Crippen LogP contribution in [-0.4, -0.2) is 47.9 Å². The number of ether oxygens (including phenoxy) is 3. The van der Waals surface area contributed by atoms with Crippen LogP contribution in [0.2, 0.25) is 0 Å². The molecule has 0 fully saturated rings. The van der Waals surface area contributed by atoms with Crippen molar-refractivity contribution in [3.63, 3.8) is 0 Å². The largest absolute Gasteiger partial charge is 0.493 e. The van der Waals surface area contributed by atoms with Crippen LogP contribution in [0.15, 0.2) is 67.4 Å². The maximum Gasteiger partial charge on any atom is 0.342 e. The van der Waals surface area contributed by atoms with Gasteiger partial charge < -0.3 is 14.2 Å². The highest BCUT2D eigenvalue weighted by molar-refractivity contribution is 5.92. The third-order valence-corrected chi connectivity index (χ3v) is 4.64. The summed E-state index contributed by atoms with van der Waals surface area (Å²) in [7, 11) is 1.56. The average Bonchev–Trinajstić information content (AvgIpc) is 3.28. The number of para-hydroxylation sites is 1. The lowest BCUT2D eigenvalue weighted by Gasteiger charge is -2.11. The maximum absolute atomic E-state index is 12.2. The van der Waals surface area contributed by atoms with E-state index in [1.54, 1.807) is 25.3 Å². The first-order chi connectivity index (χ1) is 15.2. The van der Waals surface area contributed by atoms with Gasteiger partial charge in [-0.1, -0.05) is 54.3 Å². The topological polar surface area (TPSA) is 75.5 Å². The predicted octanol–water partition coefficient (Wildman–Crippen LogP) is 4.00. The maximum atomic E-state index is 12.2. The Morgan fingerprint density at radius 3 is 2.58 bits per heavy atom. The van der Waals surface area contributed by atoms with Crippen LogP contribution in [0.5, 0.6) is 5.75 Å². The highest BCUT2D eigenvalue weighted by Crippen LogP contribution is 2.20. The third kappa shape index (κ3) is 6.52. The average molecular weight is 421 g/mol. The van der Waals surface area contributed by atoms with Gasteiger partial charge in [0.1, 0.15) is 23.6 Å². The summed E-state index contributed by atoms with van der Waals surface area (Å²) >= 11 is 0. The molecule has 31 heavy (non-hydrogen) atoms. The number of hydrogen-bond acceptors (Lipinski definition) is 6. The molecule has 0 aliphatic heterocycles. The standard InChI is InChI=1S/C24H27N3O4/c1-19(20-10-4-3-5-11-20)22-18-27(26-25-22)14-8-9-15-30-23-13-7-6-12-21(23)24(28)31-17-16-29-2/h3-7,10-13,18H,1,8-9,14-17H2,2H3. The monoisotopic (exact) mass is 421 g/mol. The molecule has 2 aromatic carbocycles. The number of methoxy groups -OCH3 is 1. The first-order valence-corrected chi connectivity index (χ1v) is 10.2. The third-order valence-electron chi connectivity index (χ3n) is 4.64. The number of unbranched alkanes of at least 4 members (excludes halogenated alkanes) is 1. The van der Waals surface area contributed by atoms with E-state index >= 15 is 0 Å². The molecule has 7 heteroatoms. The van der Waals surface area contributed by atoms with Gasteiger partial charge in [0.15, 0.2) is 0 Å². The smallest absolute Gasteiger partial charge is 0.342 e. The Morgan fingerprint density at radius 1 is 1.00 bits per heavy atom. The van der Waals surface area contributed by atoms with Crippen LogP contribution in [0, 0.1) is 0 Å². The highest BCUT2D eigenvalue weighted by atomic mass is 16.6. The van der Waals surface area contributed by atoms with Crippen molar-refractivity contribution in [3.8, 4) is 5.75 Å². The number of hydrogen-bond donors (Lipinski definition) is 0. The van der Waals surface area contributed by atoms with Crippen molar-refractivity contribution < 1.29 is 19.0 Å². The van der Waals surface area contributed by atoms with Gasteiger partial charge in [0.05, 0.1) is 19.4 Å². The van der Waals surface area contributed by atoms with Gasteiger partial charge in [-0.15, -0.1) is 5.10 Å². The fourth-order valence-corrected chi connectivity index (χ4v) is 2.95. The lowest BCUT2D eigenvalue weighted by molar-refractivity contribution is 0.0384. The molecule has 0 radical (unpaired) electrons. The number of nitrogens with zero attached hydrogens (tertiary/aromatic N) is 3. The van der Waals surface area contributed by atoms with Crippen LogP contribution < -0.4 is 4.74 Å². The minimum absolute atomic E-state index is 0.209. The first-order valence-electron chi connectivity index (χ1n) is 10.2. The molecule has 0 N–H and O–H groups in total. The zero-order chi connectivity index (χ0) is 21.9. The lowest BCUT2D eigenvalue weighted by atomic mass is 10.1. The minimum Gasteiger partial charge on any atom is -0.493 e. The summed E-state index contributed by atoms with van der Waals surface area (Å²) in [6.07, 6.45) is 3.57. The van der Waals surface area contributed by atoms with Crippen molar-refractivity contribution in [1.82, 2.24) is 15.0 Å². The Kier molecular flexibility index (Phi) is 8.37. The molecule has 0 atom stereocenters. The van der Waals surface area contributed by atoms with E-state index in [-0.39, 0.29) is 6.61 Å². The number of carbonyl (C=O) groups is 1. The van der Waals surface area contributed by atoms with Gasteiger partial charge in [-0.3, -0.25) is 4.68 Å². The van der Waals surface area contributed by atoms with E-state index in [0.717, 1.165) is 36.2 Å². The molecule has 0 unspecified atom stereocenters. The van der Waals surface area contributed by atoms with E-state index in [1.165, 1.54) is 0 Å². The summed E-state index contributed by atoms with van der Waals surface area (Å²) in [5.74, 6) is 0.105. The zero-order valence-corrected chi connectivity index (χ0v) is 17.7. The predicted molar refractivity (Wildman–Crippen MR) is 118 cm³/mol. The van der Waals surface area contributed by atoms with E-state index in [0.29, 0.717) is 24.5 Å². The Hall–Kier alpha value is -3.45. The van der Waals surface area contributed by atoms with Gasteiger partial charge in [0.25, 0.3) is 0 Å². The number of benzene rings is 2. The molecule has 162 valence electrons. The van der Waals surface area contributed by atoms with E-state index in [1.807, 2.05) is 47.3 Å². The minimum atomic E-state index is -0.415. The van der Waals surface area contributed by atoms with E-state index in [9.17, 15) is 4.79 Å². The van der Waals surface area contributed by atoms with Crippen LogP contribution in [0.4, 0.5) is 0 Å². The van der Waals surface area contributed by atoms with Crippen LogP contribution in [0.25, 0.3) is 5.57 Å². The highest BCUT2D eigenvalue weighted by Gasteiger charge is 2.13. The number of aryl methyl sites for hydroxylation is 1. The molecule has 0 amide bonds. The quantitative estimate of drug-likeness (QED) is 0.325. The number of rotatable bonds is 12. The van der Waals surface area contributed by atoms with Crippen molar-refractivity contribution in [2.75, 3.05) is 26.9 Å². The Morgan fingerprint density at radius 2 is 1.77 bits per heavy atom. The van der Waals surface area contributed by atoms with Crippen LogP contribution >= 0.6 is 0 Å². The molecule has 0 aliphatic carbocycles. The molecule has 0 bridgehead atoms. The van der Waals surface area contributed by atoms with E-state index in [4.69, 9.17) is 14.2 Å². The van der Waals surface area contributed by atoms with Gasteiger partial charge in [-0.25, -0.2) is 4.79 Å². The summed E-state index contributed by atoms with van der Waals surface area (Å²) in [5, 5.41) is 8.41. The summed E-state index contributed by atoms with van der Waals surface area (Å²) in [6, 6.07) is 17.0. The van der Waals surface area contributed by atoms with Gasteiger partial charge in [0.2, 0.25) is 0 Å². The normalized spacial score (nSPS) is 10.6.